The Hall–Kier alpha value is -1.18. The van der Waals surface area contributed by atoms with Crippen LogP contribution in [0, 0.1) is 12.3 Å². The number of thiazole rings is 1. The predicted molar refractivity (Wildman–Crippen MR) is 144 cm³/mol. The number of aryl methyl sites for hydroxylation is 1. The molecule has 2 fully saturated rings. The topological polar surface area (TPSA) is 57.8 Å². The number of amides is 1. The largest absolute Gasteiger partial charge is 0.351 e. The molecule has 2 saturated heterocycles. The van der Waals surface area contributed by atoms with E-state index in [9.17, 15) is 4.79 Å². The summed E-state index contributed by atoms with van der Waals surface area (Å²) >= 11 is 1.68. The van der Waals surface area contributed by atoms with E-state index in [2.05, 4.69) is 60.2 Å². The molecule has 2 aromatic rings. The number of epoxide rings is 1. The third kappa shape index (κ3) is 8.49. The van der Waals surface area contributed by atoms with Gasteiger partial charge in [-0.2, -0.15) is 0 Å². The first-order valence-corrected chi connectivity index (χ1v) is 13.4. The Bertz CT molecular complexity index is 875. The van der Waals surface area contributed by atoms with Crippen LogP contribution in [0.15, 0.2) is 29.8 Å². The van der Waals surface area contributed by atoms with Crippen molar-refractivity contribution in [2.24, 2.45) is 5.41 Å². The maximum atomic E-state index is 12.7. The fraction of sp³-hybridized carbons (Fsp3) is 0.630. The Morgan fingerprint density at radius 1 is 1.21 bits per heavy atom. The minimum atomic E-state index is 0. The second kappa shape index (κ2) is 14.4. The van der Waals surface area contributed by atoms with Gasteiger partial charge < -0.3 is 9.64 Å². The van der Waals surface area contributed by atoms with E-state index in [4.69, 9.17) is 4.74 Å². The smallest absolute Gasteiger partial charge is 0.223 e. The van der Waals surface area contributed by atoms with Gasteiger partial charge in [0.15, 0.2) is 0 Å². The molecule has 1 aromatic carbocycles. The Morgan fingerprint density at radius 2 is 1.85 bits per heavy atom. The van der Waals surface area contributed by atoms with Crippen molar-refractivity contribution in [2.45, 2.75) is 99.6 Å². The van der Waals surface area contributed by atoms with Gasteiger partial charge in [0.25, 0.3) is 0 Å². The molecule has 0 bridgehead atoms. The van der Waals surface area contributed by atoms with Crippen LogP contribution in [0.2, 0.25) is 0 Å². The number of benzene rings is 1. The molecule has 3 atom stereocenters. The van der Waals surface area contributed by atoms with Crippen molar-refractivity contribution >= 4 is 17.2 Å². The predicted octanol–water partition coefficient (Wildman–Crippen LogP) is 6.90. The number of aromatic nitrogens is 1. The Balaban J connectivity index is 0. The van der Waals surface area contributed by atoms with Crippen LogP contribution < -0.4 is 5.32 Å². The molecule has 0 saturated carbocycles. The Kier molecular flexibility index (Phi) is 13.1. The number of likely N-dealkylation sites (tertiary alicyclic amines) is 1. The van der Waals surface area contributed by atoms with Crippen molar-refractivity contribution in [1.82, 2.24) is 15.2 Å². The summed E-state index contributed by atoms with van der Waals surface area (Å²) in [7, 11) is 0. The quantitative estimate of drug-likeness (QED) is 0.414. The van der Waals surface area contributed by atoms with Crippen LogP contribution in [0.5, 0.6) is 0 Å². The first kappa shape index (κ1) is 30.9. The third-order valence-electron chi connectivity index (χ3n) is 5.67. The van der Waals surface area contributed by atoms with Gasteiger partial charge in [0.05, 0.1) is 22.1 Å². The van der Waals surface area contributed by atoms with Gasteiger partial charge in [-0.05, 0) is 36.3 Å². The molecule has 0 spiro atoms. The number of nitrogens with zero attached hydrogens (tertiary/aromatic N) is 2. The molecule has 1 amide bonds. The number of nitrogens with one attached hydrogen (secondary N) is 1. The van der Waals surface area contributed by atoms with Crippen LogP contribution in [-0.4, -0.2) is 40.7 Å². The summed E-state index contributed by atoms with van der Waals surface area (Å²) in [6, 6.07) is 8.86. The summed E-state index contributed by atoms with van der Waals surface area (Å²) in [6.07, 6.45) is 2.89. The number of hydrogen-bond acceptors (Lipinski definition) is 5. The third-order valence-corrected chi connectivity index (χ3v) is 6.65. The molecule has 2 aliphatic rings. The standard InChI is InChI=1S/C23H31N3O2S.2C2H6.V.2H2/c1-15-21(29-14-25-15)17-9-7-16(8-10-17)13-24-22-20(28-22)18-6-5-11-26(18)19(27)12-23(2,3)4;2*1-2;;;/h7-10,14,18,20,22,24H,5-6,11-13H2,1-4H3;2*1-2H3;;2*1H/t18-,20?,22?;;;;;/m0...../s1. The van der Waals surface area contributed by atoms with Crippen LogP contribution in [0.25, 0.3) is 10.4 Å². The van der Waals surface area contributed by atoms with Crippen molar-refractivity contribution in [2.75, 3.05) is 6.54 Å². The van der Waals surface area contributed by atoms with Gasteiger partial charge in [-0.25, -0.2) is 4.98 Å². The van der Waals surface area contributed by atoms with Gasteiger partial charge in [0, 0.05) is 40.9 Å². The molecule has 7 heteroatoms. The van der Waals surface area contributed by atoms with E-state index in [0.29, 0.717) is 6.42 Å². The van der Waals surface area contributed by atoms with E-state index in [1.165, 1.54) is 16.0 Å². The molecule has 3 heterocycles. The molecule has 2 unspecified atom stereocenters. The fourth-order valence-corrected chi connectivity index (χ4v) is 4.96. The molecule has 193 valence electrons. The summed E-state index contributed by atoms with van der Waals surface area (Å²) in [4.78, 5) is 20.3. The van der Waals surface area contributed by atoms with Crippen LogP contribution in [0.4, 0.5) is 0 Å². The van der Waals surface area contributed by atoms with Gasteiger partial charge in [-0.15, -0.1) is 11.3 Å². The van der Waals surface area contributed by atoms with Crippen LogP contribution in [0.1, 0.15) is 81.8 Å². The first-order chi connectivity index (χ1) is 15.8. The van der Waals surface area contributed by atoms with Gasteiger partial charge in [0.2, 0.25) is 5.91 Å². The van der Waals surface area contributed by atoms with Crippen molar-refractivity contribution in [3.63, 3.8) is 0 Å². The average Bonchev–Trinajstić information content (AvgIpc) is 3.18. The molecular weight excluding hydrogens is 481 g/mol. The average molecular weight is 529 g/mol. The van der Waals surface area contributed by atoms with Crippen molar-refractivity contribution in [3.8, 4) is 10.4 Å². The number of rotatable bonds is 6. The molecule has 5 nitrogen and oxygen atoms in total. The Morgan fingerprint density at radius 3 is 2.41 bits per heavy atom. The number of carbonyl (C=O) groups is 1. The molecule has 1 aromatic heterocycles. The molecule has 4 rings (SSSR count). The summed E-state index contributed by atoms with van der Waals surface area (Å²) in [5, 5.41) is 3.50. The van der Waals surface area contributed by atoms with Crippen molar-refractivity contribution in [3.05, 3.63) is 41.0 Å². The zero-order chi connectivity index (χ0) is 24.6. The summed E-state index contributed by atoms with van der Waals surface area (Å²) in [6.45, 7) is 18.0. The second-order valence-corrected chi connectivity index (χ2v) is 10.3. The molecule has 1 N–H and O–H groups in total. The molecule has 34 heavy (non-hydrogen) atoms. The van der Waals surface area contributed by atoms with E-state index in [0.717, 1.165) is 31.6 Å². The number of carbonyl (C=O) groups excluding carboxylic acids is 1. The van der Waals surface area contributed by atoms with Gasteiger partial charge in [-0.3, -0.25) is 10.1 Å². The zero-order valence-corrected chi connectivity index (χ0v) is 24.4. The second-order valence-electron chi connectivity index (χ2n) is 9.40. The van der Waals surface area contributed by atoms with E-state index in [1.807, 2.05) is 40.1 Å². The van der Waals surface area contributed by atoms with Gasteiger partial charge >= 0.3 is 0 Å². The minimum absolute atomic E-state index is 0. The number of ether oxygens (including phenoxy) is 1. The normalized spacial score (nSPS) is 20.9. The zero-order valence-electron chi connectivity index (χ0n) is 22.2. The maximum Gasteiger partial charge on any atom is 0.223 e. The van der Waals surface area contributed by atoms with E-state index in [-0.39, 0.29) is 51.1 Å². The van der Waals surface area contributed by atoms with E-state index >= 15 is 0 Å². The molecule has 2 aliphatic heterocycles. The van der Waals surface area contributed by atoms with Crippen molar-refractivity contribution in [1.29, 1.82) is 0 Å². The van der Waals surface area contributed by atoms with Crippen LogP contribution in [-0.2, 0) is 34.6 Å². The SMILES string of the molecule is CC.CC.Cc1ncsc1-c1ccc(CNC2OC2[C@@H]2CCCN2C(=O)CC(C)(C)C)cc1.[HH].[HH].[V]. The summed E-state index contributed by atoms with van der Waals surface area (Å²) < 4.78 is 5.92. The monoisotopic (exact) mass is 528 g/mol. The molecule has 0 aliphatic carbocycles. The summed E-state index contributed by atoms with van der Waals surface area (Å²) in [5.74, 6) is 0.267. The van der Waals surface area contributed by atoms with Crippen LogP contribution >= 0.6 is 11.3 Å². The maximum absolute atomic E-state index is 12.7. The summed E-state index contributed by atoms with van der Waals surface area (Å²) in [5.41, 5.74) is 5.45. The number of hydrogen-bond donors (Lipinski definition) is 1. The fourth-order valence-electron chi connectivity index (χ4n) is 4.15. The first-order valence-electron chi connectivity index (χ1n) is 12.5. The van der Waals surface area contributed by atoms with Crippen LogP contribution in [0.3, 0.4) is 0 Å². The van der Waals surface area contributed by atoms with Crippen molar-refractivity contribution < 1.29 is 30.9 Å². The molecule has 1 radical (unpaired) electrons. The van der Waals surface area contributed by atoms with E-state index < -0.39 is 0 Å². The van der Waals surface area contributed by atoms with Gasteiger partial charge in [-0.1, -0.05) is 72.7 Å². The minimum Gasteiger partial charge on any atom is -0.351 e. The molecular formula is C27H47N3O2SV. The van der Waals surface area contributed by atoms with E-state index in [1.54, 1.807) is 11.3 Å². The van der Waals surface area contributed by atoms with Gasteiger partial charge in [0.1, 0.15) is 12.3 Å². The Labute approximate surface area is 225 Å².